The lowest BCUT2D eigenvalue weighted by molar-refractivity contribution is 0.0657. The van der Waals surface area contributed by atoms with Crippen LogP contribution in [0.25, 0.3) is 0 Å². The van der Waals surface area contributed by atoms with Gasteiger partial charge < -0.3 is 9.84 Å². The predicted molar refractivity (Wildman–Crippen MR) is 83.5 cm³/mol. The third-order valence-corrected chi connectivity index (χ3v) is 4.41. The smallest absolute Gasteiger partial charge is 0.128 e. The van der Waals surface area contributed by atoms with Gasteiger partial charge in [-0.2, -0.15) is 0 Å². The van der Waals surface area contributed by atoms with Crippen LogP contribution in [-0.2, 0) is 0 Å². The van der Waals surface area contributed by atoms with Crippen LogP contribution in [0.15, 0.2) is 40.9 Å². The Bertz CT molecular complexity index is 660. The summed E-state index contributed by atoms with van der Waals surface area (Å²) in [6.07, 6.45) is -0.440. The number of rotatable bonds is 1. The number of aliphatic hydroxyl groups excluding tert-OH is 1. The van der Waals surface area contributed by atoms with E-state index in [-0.39, 0.29) is 6.10 Å². The largest absolute Gasteiger partial charge is 0.485 e. The lowest BCUT2D eigenvalue weighted by atomic mass is 9.95. The maximum atomic E-state index is 10.3. The number of hydrogen-bond donors (Lipinski definition) is 1. The van der Waals surface area contributed by atoms with E-state index in [0.717, 1.165) is 15.6 Å². The average molecular weight is 374 g/mol. The second-order valence-electron chi connectivity index (χ2n) is 4.71. The van der Waals surface area contributed by atoms with Crippen molar-refractivity contribution < 1.29 is 9.84 Å². The van der Waals surface area contributed by atoms with Crippen LogP contribution >= 0.6 is 39.1 Å². The summed E-state index contributed by atoms with van der Waals surface area (Å²) in [6.45, 7) is 0. The van der Waals surface area contributed by atoms with Crippen LogP contribution in [0.1, 0.15) is 29.8 Å². The summed E-state index contributed by atoms with van der Waals surface area (Å²) in [5.41, 5.74) is 1.58. The zero-order valence-electron chi connectivity index (χ0n) is 10.3. The molecule has 1 aliphatic rings. The zero-order chi connectivity index (χ0) is 14.3. The summed E-state index contributed by atoms with van der Waals surface area (Å²) in [5, 5.41) is 11.5. The van der Waals surface area contributed by atoms with E-state index in [0.29, 0.717) is 22.2 Å². The molecule has 3 rings (SSSR count). The molecule has 0 fully saturated rings. The molecular weight excluding hydrogens is 363 g/mol. The fourth-order valence-electron chi connectivity index (χ4n) is 2.37. The molecular formula is C15H11BrCl2O2. The highest BCUT2D eigenvalue weighted by molar-refractivity contribution is 9.10. The number of aliphatic hydroxyl groups is 1. The molecule has 2 aromatic rings. The number of benzene rings is 2. The Hall–Kier alpha value is -0.740. The molecule has 0 bridgehead atoms. The molecule has 2 aromatic carbocycles. The van der Waals surface area contributed by atoms with Crippen molar-refractivity contribution >= 4 is 39.1 Å². The third kappa shape index (κ3) is 2.68. The average Bonchev–Trinajstić information content (AvgIpc) is 2.42. The van der Waals surface area contributed by atoms with Gasteiger partial charge >= 0.3 is 0 Å². The first-order valence-corrected chi connectivity index (χ1v) is 7.68. The van der Waals surface area contributed by atoms with Crippen molar-refractivity contribution in [2.75, 3.05) is 0 Å². The van der Waals surface area contributed by atoms with Gasteiger partial charge in [0.25, 0.3) is 0 Å². The van der Waals surface area contributed by atoms with Crippen LogP contribution < -0.4 is 4.74 Å². The summed E-state index contributed by atoms with van der Waals surface area (Å²) >= 11 is 15.6. The van der Waals surface area contributed by atoms with Gasteiger partial charge in [0.05, 0.1) is 6.10 Å². The lowest BCUT2D eigenvalue weighted by Gasteiger charge is -2.30. The Morgan fingerprint density at radius 3 is 2.70 bits per heavy atom. The zero-order valence-corrected chi connectivity index (χ0v) is 13.4. The van der Waals surface area contributed by atoms with Gasteiger partial charge in [-0.1, -0.05) is 39.1 Å². The van der Waals surface area contributed by atoms with Gasteiger partial charge in [-0.3, -0.25) is 0 Å². The molecule has 20 heavy (non-hydrogen) atoms. The first kappa shape index (κ1) is 14.2. The highest BCUT2D eigenvalue weighted by Gasteiger charge is 2.29. The summed E-state index contributed by atoms with van der Waals surface area (Å²) in [5.74, 6) is 0.674. The highest BCUT2D eigenvalue weighted by atomic mass is 79.9. The van der Waals surface area contributed by atoms with E-state index >= 15 is 0 Å². The molecule has 0 saturated heterocycles. The van der Waals surface area contributed by atoms with Crippen molar-refractivity contribution in [1.29, 1.82) is 0 Å². The van der Waals surface area contributed by atoms with Crippen LogP contribution in [-0.4, -0.2) is 5.11 Å². The normalized spacial score (nSPS) is 21.2. The van der Waals surface area contributed by atoms with Crippen molar-refractivity contribution in [3.63, 3.8) is 0 Å². The fraction of sp³-hybridized carbons (Fsp3) is 0.200. The van der Waals surface area contributed by atoms with Crippen LogP contribution in [0.3, 0.4) is 0 Å². The van der Waals surface area contributed by atoms with E-state index in [1.165, 1.54) is 0 Å². The molecule has 104 valence electrons. The minimum Gasteiger partial charge on any atom is -0.485 e. The highest BCUT2D eigenvalue weighted by Crippen LogP contribution is 2.43. The van der Waals surface area contributed by atoms with Crippen LogP contribution in [0.2, 0.25) is 10.0 Å². The van der Waals surface area contributed by atoms with E-state index in [1.807, 2.05) is 18.2 Å². The topological polar surface area (TPSA) is 29.5 Å². The maximum Gasteiger partial charge on any atom is 0.128 e. The van der Waals surface area contributed by atoms with Crippen LogP contribution in [0.4, 0.5) is 0 Å². The SMILES string of the molecule is O[C@H]1CC(c2cc(Cl)ccc2Cl)Oc2ccc(Br)cc21. The fourth-order valence-corrected chi connectivity index (χ4v) is 3.17. The summed E-state index contributed by atoms with van der Waals surface area (Å²) < 4.78 is 6.87. The maximum absolute atomic E-state index is 10.3. The van der Waals surface area contributed by atoms with Gasteiger partial charge in [0.1, 0.15) is 11.9 Å². The second-order valence-corrected chi connectivity index (χ2v) is 6.47. The first-order chi connectivity index (χ1) is 9.54. The van der Waals surface area contributed by atoms with Gasteiger partial charge in [-0.05, 0) is 36.4 Å². The molecule has 0 radical (unpaired) electrons. The number of ether oxygens (including phenoxy) is 1. The molecule has 5 heteroatoms. The van der Waals surface area contributed by atoms with Crippen molar-refractivity contribution in [3.8, 4) is 5.75 Å². The molecule has 0 amide bonds. The molecule has 2 nitrogen and oxygen atoms in total. The second kappa shape index (κ2) is 5.57. The molecule has 0 aliphatic carbocycles. The van der Waals surface area contributed by atoms with Crippen LogP contribution in [0.5, 0.6) is 5.75 Å². The number of hydrogen-bond acceptors (Lipinski definition) is 2. The van der Waals surface area contributed by atoms with E-state index in [1.54, 1.807) is 18.2 Å². The molecule has 0 saturated carbocycles. The van der Waals surface area contributed by atoms with Crippen molar-refractivity contribution in [3.05, 3.63) is 62.0 Å². The van der Waals surface area contributed by atoms with Crippen LogP contribution in [0, 0.1) is 0 Å². The summed E-state index contributed by atoms with van der Waals surface area (Å²) in [7, 11) is 0. The standard InChI is InChI=1S/C15H11BrCl2O2/c16-8-1-4-14-11(5-8)13(19)7-15(20-14)10-6-9(17)2-3-12(10)18/h1-6,13,15,19H,7H2/t13-,15?/m0/s1. The van der Waals surface area contributed by atoms with Gasteiger partial charge in [-0.25, -0.2) is 0 Å². The van der Waals surface area contributed by atoms with Crippen molar-refractivity contribution in [2.45, 2.75) is 18.6 Å². The van der Waals surface area contributed by atoms with E-state index in [4.69, 9.17) is 27.9 Å². The Labute approximate surface area is 135 Å². The molecule has 0 spiro atoms. The Kier molecular flexibility index (Phi) is 3.95. The Balaban J connectivity index is 1.99. The monoisotopic (exact) mass is 372 g/mol. The van der Waals surface area contributed by atoms with Crippen molar-refractivity contribution in [1.82, 2.24) is 0 Å². The van der Waals surface area contributed by atoms with Gasteiger partial charge in [0, 0.05) is 32.1 Å². The molecule has 1 aliphatic heterocycles. The van der Waals surface area contributed by atoms with E-state index < -0.39 is 6.10 Å². The summed E-state index contributed by atoms with van der Waals surface area (Å²) in [4.78, 5) is 0. The third-order valence-electron chi connectivity index (χ3n) is 3.34. The molecule has 1 N–H and O–H groups in total. The van der Waals surface area contributed by atoms with Gasteiger partial charge in [0.15, 0.2) is 0 Å². The molecule has 2 atom stereocenters. The first-order valence-electron chi connectivity index (χ1n) is 6.13. The quantitative estimate of drug-likeness (QED) is 0.733. The minimum absolute atomic E-state index is 0.301. The number of fused-ring (bicyclic) bond motifs is 1. The Morgan fingerprint density at radius 2 is 1.90 bits per heavy atom. The van der Waals surface area contributed by atoms with Crippen molar-refractivity contribution in [2.24, 2.45) is 0 Å². The molecule has 0 aromatic heterocycles. The number of halogens is 3. The van der Waals surface area contributed by atoms with E-state index in [2.05, 4.69) is 15.9 Å². The van der Waals surface area contributed by atoms with E-state index in [9.17, 15) is 5.11 Å². The molecule has 1 heterocycles. The minimum atomic E-state index is -0.587. The molecule has 1 unspecified atom stereocenters. The lowest BCUT2D eigenvalue weighted by Crippen LogP contribution is -2.19. The van der Waals surface area contributed by atoms with Gasteiger partial charge in [0.2, 0.25) is 0 Å². The summed E-state index contributed by atoms with van der Waals surface area (Å²) in [6, 6.07) is 10.9. The van der Waals surface area contributed by atoms with Gasteiger partial charge in [-0.15, -0.1) is 0 Å². The predicted octanol–water partition coefficient (Wildman–Crippen LogP) is 5.31. The Morgan fingerprint density at radius 1 is 1.10 bits per heavy atom.